The second kappa shape index (κ2) is 4.21. The molecule has 1 aliphatic rings. The average molecular weight is 254 g/mol. The first-order valence-corrected chi connectivity index (χ1v) is 5.24. The molecule has 1 heterocycles. The summed E-state index contributed by atoms with van der Waals surface area (Å²) in [6.07, 6.45) is 1.66. The maximum Gasteiger partial charge on any atom is 0.290 e. The lowest BCUT2D eigenvalue weighted by molar-refractivity contribution is -0.122. The maximum absolute atomic E-state index is 11.5. The van der Waals surface area contributed by atoms with Crippen molar-refractivity contribution in [3.63, 3.8) is 0 Å². The van der Waals surface area contributed by atoms with Crippen molar-refractivity contribution in [3.8, 4) is 0 Å². The van der Waals surface area contributed by atoms with Gasteiger partial charge < -0.3 is 5.32 Å². The number of carbonyl (C=O) groups excluding carboxylic acids is 1. The number of nitrogens with zero attached hydrogens (tertiary/aromatic N) is 1. The van der Waals surface area contributed by atoms with Crippen LogP contribution in [0.3, 0.4) is 0 Å². The van der Waals surface area contributed by atoms with Gasteiger partial charge in [0.2, 0.25) is 0 Å². The zero-order chi connectivity index (χ0) is 11.7. The van der Waals surface area contributed by atoms with Gasteiger partial charge in [0.05, 0.1) is 0 Å². The number of nitrogens with two attached hydrogens (primary N) is 1. The SMILES string of the molecule is NN1C(=O)/C(=C\c2ccc(Cl)cc2)NC1=S. The largest absolute Gasteiger partial charge is 0.327 e. The summed E-state index contributed by atoms with van der Waals surface area (Å²) in [6.45, 7) is 0. The average Bonchev–Trinajstić information content (AvgIpc) is 2.50. The van der Waals surface area contributed by atoms with E-state index in [1.165, 1.54) is 0 Å². The highest BCUT2D eigenvalue weighted by Gasteiger charge is 2.27. The van der Waals surface area contributed by atoms with Gasteiger partial charge in [0.15, 0.2) is 5.11 Å². The number of benzene rings is 1. The van der Waals surface area contributed by atoms with E-state index in [2.05, 4.69) is 5.32 Å². The molecule has 3 N–H and O–H groups in total. The second-order valence-electron chi connectivity index (χ2n) is 3.21. The van der Waals surface area contributed by atoms with Crippen LogP contribution >= 0.6 is 23.8 Å². The van der Waals surface area contributed by atoms with E-state index < -0.39 is 0 Å². The summed E-state index contributed by atoms with van der Waals surface area (Å²) < 4.78 is 0. The number of hydrogen-bond acceptors (Lipinski definition) is 3. The molecule has 1 aliphatic heterocycles. The van der Waals surface area contributed by atoms with E-state index in [0.717, 1.165) is 10.6 Å². The van der Waals surface area contributed by atoms with E-state index in [-0.39, 0.29) is 11.0 Å². The van der Waals surface area contributed by atoms with Gasteiger partial charge in [0, 0.05) is 5.02 Å². The Morgan fingerprint density at radius 3 is 2.50 bits per heavy atom. The van der Waals surface area contributed by atoms with Crippen LogP contribution in [0.5, 0.6) is 0 Å². The topological polar surface area (TPSA) is 58.4 Å². The van der Waals surface area contributed by atoms with Crippen molar-refractivity contribution < 1.29 is 4.79 Å². The summed E-state index contributed by atoms with van der Waals surface area (Å²) in [4.78, 5) is 11.5. The van der Waals surface area contributed by atoms with Crippen molar-refractivity contribution in [2.24, 2.45) is 5.84 Å². The molecule has 0 aliphatic carbocycles. The van der Waals surface area contributed by atoms with Crippen LogP contribution in [0.15, 0.2) is 30.0 Å². The van der Waals surface area contributed by atoms with Gasteiger partial charge >= 0.3 is 0 Å². The van der Waals surface area contributed by atoms with Crippen LogP contribution in [0.2, 0.25) is 5.02 Å². The quantitative estimate of drug-likeness (QED) is 0.343. The normalized spacial score (nSPS) is 18.1. The lowest BCUT2D eigenvalue weighted by Gasteiger charge is -2.02. The maximum atomic E-state index is 11.5. The Hall–Kier alpha value is -1.43. The number of carbonyl (C=O) groups is 1. The highest BCUT2D eigenvalue weighted by atomic mass is 35.5. The third kappa shape index (κ3) is 2.06. The Bertz CT molecular complexity index is 483. The van der Waals surface area contributed by atoms with Gasteiger partial charge in [0.1, 0.15) is 5.70 Å². The summed E-state index contributed by atoms with van der Waals surface area (Å²) in [5, 5.41) is 4.47. The van der Waals surface area contributed by atoms with Crippen LogP contribution in [0.1, 0.15) is 5.56 Å². The lowest BCUT2D eigenvalue weighted by Crippen LogP contribution is -2.36. The van der Waals surface area contributed by atoms with Crippen molar-refractivity contribution >= 4 is 40.9 Å². The molecule has 0 saturated carbocycles. The lowest BCUT2D eigenvalue weighted by atomic mass is 10.2. The van der Waals surface area contributed by atoms with Gasteiger partial charge in [-0.25, -0.2) is 10.9 Å². The van der Waals surface area contributed by atoms with Gasteiger partial charge in [-0.1, -0.05) is 23.7 Å². The number of rotatable bonds is 1. The summed E-state index contributed by atoms with van der Waals surface area (Å²) >= 11 is 10.6. The van der Waals surface area contributed by atoms with Crippen LogP contribution in [-0.4, -0.2) is 16.0 Å². The number of halogens is 1. The summed E-state index contributed by atoms with van der Waals surface area (Å²) in [6, 6.07) is 7.08. The molecular formula is C10H8ClN3OS. The Morgan fingerprint density at radius 2 is 2.00 bits per heavy atom. The van der Waals surface area contributed by atoms with Gasteiger partial charge in [-0.2, -0.15) is 0 Å². The molecule has 16 heavy (non-hydrogen) atoms. The summed E-state index contributed by atoms with van der Waals surface area (Å²) in [7, 11) is 0. The minimum absolute atomic E-state index is 0.199. The number of amides is 1. The number of hydrazine groups is 1. The van der Waals surface area contributed by atoms with E-state index >= 15 is 0 Å². The minimum Gasteiger partial charge on any atom is -0.327 e. The summed E-state index contributed by atoms with van der Waals surface area (Å²) in [5.74, 6) is 5.06. The first kappa shape index (κ1) is 11.1. The standard InChI is InChI=1S/C10H8ClN3OS/c11-7-3-1-6(2-4-7)5-8-9(15)14(12)10(16)13-8/h1-5H,12H2,(H,13,16)/b8-5+. The fourth-order valence-electron chi connectivity index (χ4n) is 1.27. The highest BCUT2D eigenvalue weighted by Crippen LogP contribution is 2.14. The van der Waals surface area contributed by atoms with Gasteiger partial charge in [-0.3, -0.25) is 4.79 Å². The first-order chi connectivity index (χ1) is 7.58. The van der Waals surface area contributed by atoms with E-state index in [9.17, 15) is 4.79 Å². The molecule has 1 amide bonds. The first-order valence-electron chi connectivity index (χ1n) is 4.45. The van der Waals surface area contributed by atoms with Crippen LogP contribution < -0.4 is 11.2 Å². The van der Waals surface area contributed by atoms with E-state index in [1.807, 2.05) is 0 Å². The molecule has 0 spiro atoms. The molecule has 1 aromatic carbocycles. The molecule has 4 nitrogen and oxygen atoms in total. The fourth-order valence-corrected chi connectivity index (χ4v) is 1.59. The second-order valence-corrected chi connectivity index (χ2v) is 4.04. The predicted molar refractivity (Wildman–Crippen MR) is 66.2 cm³/mol. The van der Waals surface area contributed by atoms with Crippen LogP contribution in [0, 0.1) is 0 Å². The molecule has 2 rings (SSSR count). The molecule has 0 radical (unpaired) electrons. The van der Waals surface area contributed by atoms with Crippen molar-refractivity contribution in [2.45, 2.75) is 0 Å². The number of nitrogens with one attached hydrogen (secondary N) is 1. The minimum atomic E-state index is -0.347. The van der Waals surface area contributed by atoms with Crippen molar-refractivity contribution in [1.29, 1.82) is 0 Å². The molecule has 0 aromatic heterocycles. The van der Waals surface area contributed by atoms with Crippen molar-refractivity contribution in [2.75, 3.05) is 0 Å². The third-order valence-corrected chi connectivity index (χ3v) is 2.64. The predicted octanol–water partition coefficient (Wildman–Crippen LogP) is 1.27. The van der Waals surface area contributed by atoms with Crippen LogP contribution in [0.4, 0.5) is 0 Å². The van der Waals surface area contributed by atoms with Gasteiger partial charge in [-0.15, -0.1) is 0 Å². The van der Waals surface area contributed by atoms with Crippen LogP contribution in [-0.2, 0) is 4.79 Å². The zero-order valence-corrected chi connectivity index (χ0v) is 9.68. The Labute approximate surface area is 103 Å². The monoisotopic (exact) mass is 253 g/mol. The molecule has 82 valence electrons. The molecule has 0 bridgehead atoms. The molecular weight excluding hydrogens is 246 g/mol. The van der Waals surface area contributed by atoms with E-state index in [0.29, 0.717) is 10.7 Å². The molecule has 1 fully saturated rings. The Kier molecular flexibility index (Phi) is 2.91. The third-order valence-electron chi connectivity index (χ3n) is 2.09. The zero-order valence-electron chi connectivity index (χ0n) is 8.11. The Balaban J connectivity index is 2.29. The highest BCUT2D eigenvalue weighted by molar-refractivity contribution is 7.80. The smallest absolute Gasteiger partial charge is 0.290 e. The Morgan fingerprint density at radius 1 is 1.38 bits per heavy atom. The summed E-state index contributed by atoms with van der Waals surface area (Å²) in [5.41, 5.74) is 1.20. The van der Waals surface area contributed by atoms with Crippen LogP contribution in [0.25, 0.3) is 6.08 Å². The fraction of sp³-hybridized carbons (Fsp3) is 0. The molecule has 0 atom stereocenters. The molecule has 0 unspecified atom stereocenters. The van der Waals surface area contributed by atoms with E-state index in [1.54, 1.807) is 30.3 Å². The van der Waals surface area contributed by atoms with Crippen molar-refractivity contribution in [1.82, 2.24) is 10.3 Å². The number of hydrogen-bond donors (Lipinski definition) is 2. The number of thiocarbonyl (C=S) groups is 1. The van der Waals surface area contributed by atoms with Gasteiger partial charge in [-0.05, 0) is 36.0 Å². The van der Waals surface area contributed by atoms with Gasteiger partial charge in [0.25, 0.3) is 5.91 Å². The van der Waals surface area contributed by atoms with E-state index in [4.69, 9.17) is 29.7 Å². The van der Waals surface area contributed by atoms with Crippen molar-refractivity contribution in [3.05, 3.63) is 40.5 Å². The molecule has 6 heteroatoms. The molecule has 1 saturated heterocycles. The molecule has 1 aromatic rings.